The molecule has 1 aromatic carbocycles. The summed E-state index contributed by atoms with van der Waals surface area (Å²) >= 11 is 0. The second kappa shape index (κ2) is 7.77. The number of carbonyl (C=O) groups excluding carboxylic acids is 1. The minimum atomic E-state index is -0.467. The molecular weight excluding hydrogens is 312 g/mol. The van der Waals surface area contributed by atoms with Crippen molar-refractivity contribution in [3.8, 4) is 5.75 Å². The number of hydrogen-bond acceptors (Lipinski definition) is 3. The van der Waals surface area contributed by atoms with Crippen molar-refractivity contribution < 1.29 is 9.53 Å². The van der Waals surface area contributed by atoms with Gasteiger partial charge in [-0.1, -0.05) is 19.9 Å². The number of aryl methyl sites for hydroxylation is 1. The van der Waals surface area contributed by atoms with E-state index in [1.807, 2.05) is 19.1 Å². The van der Waals surface area contributed by atoms with Crippen LogP contribution in [0.5, 0.6) is 5.75 Å². The van der Waals surface area contributed by atoms with Gasteiger partial charge in [0.25, 0.3) is 5.91 Å². The SMILES string of the molecule is Cc1cc(OC(C)C(=O)NCC2CCN(C3CC3)C2)ccc1C(C)C. The first-order chi connectivity index (χ1) is 11.9. The fourth-order valence-corrected chi connectivity index (χ4v) is 3.82. The molecule has 4 heteroatoms. The third kappa shape index (κ3) is 4.75. The van der Waals surface area contributed by atoms with Crippen LogP contribution >= 0.6 is 0 Å². The Morgan fingerprint density at radius 2 is 2.04 bits per heavy atom. The Bertz CT molecular complexity index is 610. The second-order valence-electron chi connectivity index (χ2n) is 8.06. The molecule has 1 aromatic rings. The molecule has 0 radical (unpaired) electrons. The monoisotopic (exact) mass is 344 g/mol. The van der Waals surface area contributed by atoms with Crippen molar-refractivity contribution in [2.75, 3.05) is 19.6 Å². The van der Waals surface area contributed by atoms with Crippen molar-refractivity contribution in [2.24, 2.45) is 5.92 Å². The van der Waals surface area contributed by atoms with Gasteiger partial charge in [-0.3, -0.25) is 4.79 Å². The molecule has 1 N–H and O–H groups in total. The molecule has 1 amide bonds. The highest BCUT2D eigenvalue weighted by molar-refractivity contribution is 5.80. The van der Waals surface area contributed by atoms with Crippen LogP contribution in [-0.2, 0) is 4.79 Å². The van der Waals surface area contributed by atoms with Crippen LogP contribution in [0, 0.1) is 12.8 Å². The molecule has 3 rings (SSSR count). The Hall–Kier alpha value is -1.55. The van der Waals surface area contributed by atoms with E-state index in [2.05, 4.69) is 37.1 Å². The van der Waals surface area contributed by atoms with Gasteiger partial charge in [-0.15, -0.1) is 0 Å². The number of ether oxygens (including phenoxy) is 1. The Balaban J connectivity index is 1.45. The van der Waals surface area contributed by atoms with E-state index in [4.69, 9.17) is 4.74 Å². The standard InChI is InChI=1S/C21H32N2O2/c1-14(2)20-8-7-19(11-15(20)3)25-16(4)21(24)22-12-17-9-10-23(13-17)18-5-6-18/h7-8,11,14,16-18H,5-6,9-10,12-13H2,1-4H3,(H,22,24). The average molecular weight is 344 g/mol. The molecule has 0 spiro atoms. The molecule has 0 bridgehead atoms. The molecule has 138 valence electrons. The number of nitrogens with zero attached hydrogens (tertiary/aromatic N) is 1. The van der Waals surface area contributed by atoms with Gasteiger partial charge in [0.05, 0.1) is 0 Å². The van der Waals surface area contributed by atoms with E-state index in [1.54, 1.807) is 0 Å². The number of carbonyl (C=O) groups is 1. The summed E-state index contributed by atoms with van der Waals surface area (Å²) in [6.07, 6.45) is 3.45. The number of likely N-dealkylation sites (tertiary alicyclic amines) is 1. The Labute approximate surface area is 151 Å². The Morgan fingerprint density at radius 1 is 1.28 bits per heavy atom. The van der Waals surface area contributed by atoms with Crippen LogP contribution in [0.4, 0.5) is 0 Å². The highest BCUT2D eigenvalue weighted by Crippen LogP contribution is 2.31. The van der Waals surface area contributed by atoms with Gasteiger partial charge in [0.15, 0.2) is 6.10 Å². The van der Waals surface area contributed by atoms with Gasteiger partial charge in [-0.2, -0.15) is 0 Å². The smallest absolute Gasteiger partial charge is 0.260 e. The van der Waals surface area contributed by atoms with Gasteiger partial charge in [-0.25, -0.2) is 0 Å². The third-order valence-corrected chi connectivity index (χ3v) is 5.49. The molecule has 2 fully saturated rings. The summed E-state index contributed by atoms with van der Waals surface area (Å²) in [7, 11) is 0. The van der Waals surface area contributed by atoms with E-state index in [0.717, 1.165) is 24.9 Å². The van der Waals surface area contributed by atoms with Gasteiger partial charge in [0.2, 0.25) is 0 Å². The molecule has 1 saturated carbocycles. The van der Waals surface area contributed by atoms with Crippen molar-refractivity contribution in [3.63, 3.8) is 0 Å². The molecule has 4 nitrogen and oxygen atoms in total. The van der Waals surface area contributed by atoms with E-state index >= 15 is 0 Å². The topological polar surface area (TPSA) is 41.6 Å². The van der Waals surface area contributed by atoms with Crippen molar-refractivity contribution in [2.45, 2.75) is 65.0 Å². The molecule has 1 heterocycles. The summed E-state index contributed by atoms with van der Waals surface area (Å²) in [6.45, 7) is 11.4. The minimum Gasteiger partial charge on any atom is -0.481 e. The number of benzene rings is 1. The van der Waals surface area contributed by atoms with Gasteiger partial charge in [-0.05, 0) is 74.8 Å². The zero-order chi connectivity index (χ0) is 18.0. The van der Waals surface area contributed by atoms with E-state index in [-0.39, 0.29) is 5.91 Å². The zero-order valence-electron chi connectivity index (χ0n) is 16.0. The first-order valence-electron chi connectivity index (χ1n) is 9.73. The molecular formula is C21H32N2O2. The van der Waals surface area contributed by atoms with Crippen LogP contribution in [0.25, 0.3) is 0 Å². The number of hydrogen-bond donors (Lipinski definition) is 1. The minimum absolute atomic E-state index is 0.0181. The largest absolute Gasteiger partial charge is 0.481 e. The number of amides is 1. The van der Waals surface area contributed by atoms with Crippen LogP contribution < -0.4 is 10.1 Å². The second-order valence-corrected chi connectivity index (χ2v) is 8.06. The predicted octanol–water partition coefficient (Wildman–Crippen LogP) is 3.49. The summed E-state index contributed by atoms with van der Waals surface area (Å²) in [5, 5.41) is 3.08. The first kappa shape index (κ1) is 18.2. The molecule has 1 saturated heterocycles. The normalized spacial score (nSPS) is 22.2. The summed E-state index contributed by atoms with van der Waals surface area (Å²) in [5.41, 5.74) is 2.54. The van der Waals surface area contributed by atoms with Crippen molar-refractivity contribution in [1.29, 1.82) is 0 Å². The highest BCUT2D eigenvalue weighted by atomic mass is 16.5. The molecule has 2 unspecified atom stereocenters. The maximum absolute atomic E-state index is 12.3. The lowest BCUT2D eigenvalue weighted by atomic mass is 9.98. The van der Waals surface area contributed by atoms with E-state index in [9.17, 15) is 4.79 Å². The van der Waals surface area contributed by atoms with Crippen LogP contribution in [0.1, 0.15) is 57.1 Å². The summed E-state index contributed by atoms with van der Waals surface area (Å²) in [5.74, 6) is 1.83. The molecule has 2 aliphatic rings. The van der Waals surface area contributed by atoms with Crippen molar-refractivity contribution in [1.82, 2.24) is 10.2 Å². The van der Waals surface area contributed by atoms with Gasteiger partial charge in [0.1, 0.15) is 5.75 Å². The highest BCUT2D eigenvalue weighted by Gasteiger charge is 2.34. The predicted molar refractivity (Wildman–Crippen MR) is 101 cm³/mol. The van der Waals surface area contributed by atoms with E-state index in [1.165, 1.54) is 36.9 Å². The van der Waals surface area contributed by atoms with E-state index < -0.39 is 6.10 Å². The molecule has 1 aliphatic heterocycles. The summed E-state index contributed by atoms with van der Waals surface area (Å²) in [6, 6.07) is 6.94. The maximum atomic E-state index is 12.3. The van der Waals surface area contributed by atoms with Crippen LogP contribution in [0.15, 0.2) is 18.2 Å². The molecule has 1 aliphatic carbocycles. The fourth-order valence-electron chi connectivity index (χ4n) is 3.82. The Kier molecular flexibility index (Phi) is 5.67. The Morgan fingerprint density at radius 3 is 2.68 bits per heavy atom. The lowest BCUT2D eigenvalue weighted by molar-refractivity contribution is -0.127. The van der Waals surface area contributed by atoms with Crippen LogP contribution in [0.3, 0.4) is 0 Å². The number of rotatable bonds is 7. The maximum Gasteiger partial charge on any atom is 0.260 e. The fraction of sp³-hybridized carbons (Fsp3) is 0.667. The van der Waals surface area contributed by atoms with E-state index in [0.29, 0.717) is 11.8 Å². The van der Waals surface area contributed by atoms with Crippen LogP contribution in [-0.4, -0.2) is 42.6 Å². The quantitative estimate of drug-likeness (QED) is 0.823. The van der Waals surface area contributed by atoms with Crippen molar-refractivity contribution in [3.05, 3.63) is 29.3 Å². The first-order valence-corrected chi connectivity index (χ1v) is 9.73. The molecule has 0 aromatic heterocycles. The zero-order valence-corrected chi connectivity index (χ0v) is 16.0. The summed E-state index contributed by atoms with van der Waals surface area (Å²) < 4.78 is 5.85. The van der Waals surface area contributed by atoms with Gasteiger partial charge >= 0.3 is 0 Å². The molecule has 25 heavy (non-hydrogen) atoms. The average Bonchev–Trinajstić information content (AvgIpc) is 3.31. The summed E-state index contributed by atoms with van der Waals surface area (Å²) in [4.78, 5) is 14.9. The van der Waals surface area contributed by atoms with Gasteiger partial charge in [0, 0.05) is 19.1 Å². The van der Waals surface area contributed by atoms with Crippen LogP contribution in [0.2, 0.25) is 0 Å². The lowest BCUT2D eigenvalue weighted by Gasteiger charge is -2.18. The van der Waals surface area contributed by atoms with Gasteiger partial charge < -0.3 is 15.0 Å². The van der Waals surface area contributed by atoms with Crippen molar-refractivity contribution >= 4 is 5.91 Å². The lowest BCUT2D eigenvalue weighted by Crippen LogP contribution is -2.39. The third-order valence-electron chi connectivity index (χ3n) is 5.49. The number of nitrogens with one attached hydrogen (secondary N) is 1. The molecule has 2 atom stereocenters.